The van der Waals surface area contributed by atoms with Gasteiger partial charge in [-0.15, -0.1) is 0 Å². The van der Waals surface area contributed by atoms with E-state index in [0.717, 1.165) is 16.7 Å². The van der Waals surface area contributed by atoms with Gasteiger partial charge in [-0.1, -0.05) is 13.8 Å². The van der Waals surface area contributed by atoms with Gasteiger partial charge in [0.2, 0.25) is 0 Å². The summed E-state index contributed by atoms with van der Waals surface area (Å²) in [6.07, 6.45) is 5.10. The zero-order chi connectivity index (χ0) is 13.7. The van der Waals surface area contributed by atoms with Crippen LogP contribution in [0, 0.1) is 5.92 Å². The second-order valence-electron chi connectivity index (χ2n) is 4.57. The van der Waals surface area contributed by atoms with Crippen molar-refractivity contribution in [3.05, 3.63) is 34.9 Å². The first kappa shape index (κ1) is 14.0. The molecule has 1 N–H and O–H groups in total. The van der Waals surface area contributed by atoms with Crippen molar-refractivity contribution in [1.82, 2.24) is 15.3 Å². The molecule has 19 heavy (non-hydrogen) atoms. The van der Waals surface area contributed by atoms with E-state index in [-0.39, 0.29) is 6.08 Å². The van der Waals surface area contributed by atoms with Crippen molar-refractivity contribution in [3.8, 4) is 11.8 Å². The largest absolute Gasteiger partial charge is 0.417 e. The number of hydrogen-bond acceptors (Lipinski definition) is 5. The van der Waals surface area contributed by atoms with E-state index in [1.165, 1.54) is 0 Å². The van der Waals surface area contributed by atoms with Gasteiger partial charge in [0.25, 0.3) is 0 Å². The summed E-state index contributed by atoms with van der Waals surface area (Å²) in [7, 11) is 0. The molecule has 2 rings (SSSR count). The monoisotopic (exact) mass is 325 g/mol. The van der Waals surface area contributed by atoms with Crippen LogP contribution in [-0.4, -0.2) is 16.5 Å². The molecule has 0 aromatic carbocycles. The Morgan fingerprint density at radius 2 is 2.26 bits per heavy atom. The molecule has 0 radical (unpaired) electrons. The molecule has 0 aliphatic heterocycles. The fourth-order valence-electron chi connectivity index (χ4n) is 1.45. The first-order valence-electron chi connectivity index (χ1n) is 6.07. The molecule has 0 spiro atoms. The number of halogens is 1. The standard InChI is InChI=1S/C13H16BrN3O2/c1-9(2)4-15-6-11-8-18-13(17-11)19-12-3-10(14)5-16-7-12/h3,5,7-9,15H,4,6H2,1-2H3. The van der Waals surface area contributed by atoms with Crippen LogP contribution in [0.4, 0.5) is 0 Å². The van der Waals surface area contributed by atoms with Crippen LogP contribution in [-0.2, 0) is 6.54 Å². The molecule has 2 aromatic heterocycles. The normalized spacial score (nSPS) is 10.9. The predicted octanol–water partition coefficient (Wildman–Crippen LogP) is 3.37. The van der Waals surface area contributed by atoms with Gasteiger partial charge in [0.1, 0.15) is 6.26 Å². The van der Waals surface area contributed by atoms with E-state index >= 15 is 0 Å². The molecular formula is C13H16BrN3O2. The molecular weight excluding hydrogens is 310 g/mol. The molecule has 0 aliphatic carbocycles. The molecule has 0 fully saturated rings. The van der Waals surface area contributed by atoms with Crippen LogP contribution in [0.25, 0.3) is 0 Å². The Morgan fingerprint density at radius 3 is 3.00 bits per heavy atom. The zero-order valence-corrected chi connectivity index (χ0v) is 12.5. The van der Waals surface area contributed by atoms with Crippen molar-refractivity contribution in [2.45, 2.75) is 20.4 Å². The third kappa shape index (κ3) is 4.65. The smallest absolute Gasteiger partial charge is 0.399 e. The number of nitrogens with zero attached hydrogens (tertiary/aromatic N) is 2. The third-order valence-electron chi connectivity index (χ3n) is 2.27. The summed E-state index contributed by atoms with van der Waals surface area (Å²) in [5, 5.41) is 3.29. The first-order valence-corrected chi connectivity index (χ1v) is 6.86. The highest BCUT2D eigenvalue weighted by atomic mass is 79.9. The minimum Gasteiger partial charge on any atom is -0.417 e. The van der Waals surface area contributed by atoms with Crippen LogP contribution < -0.4 is 10.1 Å². The van der Waals surface area contributed by atoms with Crippen molar-refractivity contribution in [2.24, 2.45) is 5.92 Å². The fourth-order valence-corrected chi connectivity index (χ4v) is 1.80. The number of pyridine rings is 1. The van der Waals surface area contributed by atoms with Gasteiger partial charge in [-0.2, -0.15) is 4.98 Å². The number of hydrogen-bond donors (Lipinski definition) is 1. The second-order valence-corrected chi connectivity index (χ2v) is 5.49. The van der Waals surface area contributed by atoms with E-state index in [9.17, 15) is 0 Å². The van der Waals surface area contributed by atoms with Crippen LogP contribution >= 0.6 is 15.9 Å². The molecule has 102 valence electrons. The minimum atomic E-state index is 0.223. The van der Waals surface area contributed by atoms with Gasteiger partial charge in [-0.3, -0.25) is 4.98 Å². The summed E-state index contributed by atoms with van der Waals surface area (Å²) in [6.45, 7) is 5.93. The van der Waals surface area contributed by atoms with Gasteiger partial charge >= 0.3 is 6.08 Å². The van der Waals surface area contributed by atoms with Crippen LogP contribution in [0.3, 0.4) is 0 Å². The molecule has 0 bridgehead atoms. The van der Waals surface area contributed by atoms with Crippen molar-refractivity contribution in [1.29, 1.82) is 0 Å². The van der Waals surface area contributed by atoms with Crippen LogP contribution in [0.15, 0.2) is 33.6 Å². The Kier molecular flexibility index (Phi) is 4.93. The van der Waals surface area contributed by atoms with Crippen molar-refractivity contribution >= 4 is 15.9 Å². The summed E-state index contributed by atoms with van der Waals surface area (Å²) in [5.41, 5.74) is 0.818. The van der Waals surface area contributed by atoms with E-state index in [0.29, 0.717) is 18.2 Å². The first-order chi connectivity index (χ1) is 9.13. The maximum atomic E-state index is 5.47. The zero-order valence-electron chi connectivity index (χ0n) is 10.9. The van der Waals surface area contributed by atoms with Crippen LogP contribution in [0.2, 0.25) is 0 Å². The minimum absolute atomic E-state index is 0.223. The van der Waals surface area contributed by atoms with E-state index in [2.05, 4.69) is 45.1 Å². The van der Waals surface area contributed by atoms with E-state index in [1.54, 1.807) is 24.7 Å². The molecule has 0 atom stereocenters. The van der Waals surface area contributed by atoms with Gasteiger partial charge in [0.15, 0.2) is 5.75 Å². The Labute approximate surface area is 120 Å². The lowest BCUT2D eigenvalue weighted by Crippen LogP contribution is -2.19. The van der Waals surface area contributed by atoms with E-state index < -0.39 is 0 Å². The molecule has 2 heterocycles. The summed E-state index contributed by atoms with van der Waals surface area (Å²) in [6, 6.07) is 1.80. The highest BCUT2D eigenvalue weighted by molar-refractivity contribution is 9.10. The molecule has 0 aliphatic rings. The molecule has 6 heteroatoms. The van der Waals surface area contributed by atoms with Gasteiger partial charge in [-0.05, 0) is 34.5 Å². The van der Waals surface area contributed by atoms with Gasteiger partial charge in [-0.25, -0.2) is 0 Å². The molecule has 2 aromatic rings. The molecule has 0 saturated heterocycles. The van der Waals surface area contributed by atoms with Crippen molar-refractivity contribution in [3.63, 3.8) is 0 Å². The van der Waals surface area contributed by atoms with Gasteiger partial charge < -0.3 is 14.5 Å². The van der Waals surface area contributed by atoms with Crippen LogP contribution in [0.1, 0.15) is 19.5 Å². The molecule has 5 nitrogen and oxygen atoms in total. The maximum absolute atomic E-state index is 5.47. The average Bonchev–Trinajstić information content (AvgIpc) is 2.76. The number of ether oxygens (including phenoxy) is 1. The van der Waals surface area contributed by atoms with Crippen LogP contribution in [0.5, 0.6) is 11.8 Å². The topological polar surface area (TPSA) is 60.2 Å². The maximum Gasteiger partial charge on any atom is 0.399 e. The van der Waals surface area contributed by atoms with E-state index in [1.807, 2.05) is 0 Å². The Morgan fingerprint density at radius 1 is 1.42 bits per heavy atom. The lowest BCUT2D eigenvalue weighted by Gasteiger charge is -2.04. The summed E-state index contributed by atoms with van der Waals surface area (Å²) < 4.78 is 11.6. The summed E-state index contributed by atoms with van der Waals surface area (Å²) >= 11 is 3.32. The highest BCUT2D eigenvalue weighted by Crippen LogP contribution is 2.22. The molecule has 0 saturated carbocycles. The number of rotatable bonds is 6. The Hall–Kier alpha value is -1.40. The number of aromatic nitrogens is 2. The molecule has 0 amide bonds. The van der Waals surface area contributed by atoms with Gasteiger partial charge in [0.05, 0.1) is 11.9 Å². The lowest BCUT2D eigenvalue weighted by molar-refractivity contribution is 0.329. The Bertz CT molecular complexity index is 528. The third-order valence-corrected chi connectivity index (χ3v) is 2.71. The SMILES string of the molecule is CC(C)CNCc1coc(Oc2cncc(Br)c2)n1. The van der Waals surface area contributed by atoms with E-state index in [4.69, 9.17) is 9.15 Å². The summed E-state index contributed by atoms with van der Waals surface area (Å²) in [5.74, 6) is 1.19. The van der Waals surface area contributed by atoms with Crippen molar-refractivity contribution in [2.75, 3.05) is 6.54 Å². The number of nitrogens with one attached hydrogen (secondary N) is 1. The highest BCUT2D eigenvalue weighted by Gasteiger charge is 2.07. The predicted molar refractivity (Wildman–Crippen MR) is 75.1 cm³/mol. The second kappa shape index (κ2) is 6.68. The molecule has 0 unspecified atom stereocenters. The average molecular weight is 326 g/mol. The van der Waals surface area contributed by atoms with Crippen molar-refractivity contribution < 1.29 is 9.15 Å². The lowest BCUT2D eigenvalue weighted by atomic mass is 10.2. The summed E-state index contributed by atoms with van der Waals surface area (Å²) in [4.78, 5) is 8.24. The Balaban J connectivity index is 1.90. The fraction of sp³-hybridized carbons (Fsp3) is 0.385. The quantitative estimate of drug-likeness (QED) is 0.882. The van der Waals surface area contributed by atoms with Gasteiger partial charge in [0, 0.05) is 17.2 Å². The number of oxazole rings is 1.